The molecule has 2 rings (SSSR count). The van der Waals surface area contributed by atoms with E-state index in [0.717, 1.165) is 6.04 Å². The number of likely N-dealkylation sites (N-methyl/N-ethyl adjacent to an activating group) is 1. The Kier molecular flexibility index (Phi) is 5.89. The fourth-order valence-corrected chi connectivity index (χ4v) is 3.27. The molecule has 2 aliphatic rings. The molecular formula is C14H30N4. The van der Waals surface area contributed by atoms with Gasteiger partial charge in [0.1, 0.15) is 0 Å². The summed E-state index contributed by atoms with van der Waals surface area (Å²) in [5, 5.41) is 3.42. The molecule has 1 atom stereocenters. The Morgan fingerprint density at radius 2 is 1.67 bits per heavy atom. The monoisotopic (exact) mass is 254 g/mol. The highest BCUT2D eigenvalue weighted by molar-refractivity contribution is 4.83. The van der Waals surface area contributed by atoms with Gasteiger partial charge in [0, 0.05) is 51.9 Å². The Morgan fingerprint density at radius 1 is 1.00 bits per heavy atom. The number of nitrogens with zero attached hydrogens (tertiary/aromatic N) is 3. The molecule has 1 unspecified atom stereocenters. The molecule has 1 N–H and O–H groups in total. The van der Waals surface area contributed by atoms with E-state index in [9.17, 15) is 0 Å². The predicted molar refractivity (Wildman–Crippen MR) is 77.1 cm³/mol. The summed E-state index contributed by atoms with van der Waals surface area (Å²) in [4.78, 5) is 7.87. The molecule has 2 saturated heterocycles. The van der Waals surface area contributed by atoms with Crippen LogP contribution < -0.4 is 5.32 Å². The minimum Gasteiger partial charge on any atom is -0.314 e. The van der Waals surface area contributed by atoms with Crippen molar-refractivity contribution < 1.29 is 0 Å². The molecule has 4 heteroatoms. The van der Waals surface area contributed by atoms with Crippen molar-refractivity contribution >= 4 is 0 Å². The highest BCUT2D eigenvalue weighted by atomic mass is 15.3. The van der Waals surface area contributed by atoms with Gasteiger partial charge in [-0.1, -0.05) is 13.8 Å². The molecule has 0 bridgehead atoms. The van der Waals surface area contributed by atoms with E-state index in [-0.39, 0.29) is 0 Å². The highest BCUT2D eigenvalue weighted by Crippen LogP contribution is 2.15. The Morgan fingerprint density at radius 3 is 2.33 bits per heavy atom. The van der Waals surface area contributed by atoms with Gasteiger partial charge in [0.15, 0.2) is 0 Å². The first-order chi connectivity index (χ1) is 8.83. The highest BCUT2D eigenvalue weighted by Gasteiger charge is 2.26. The summed E-state index contributed by atoms with van der Waals surface area (Å²) in [6.07, 6.45) is 1.36. The molecule has 0 aliphatic carbocycles. The molecule has 0 aromatic carbocycles. The average Bonchev–Trinajstić information content (AvgIpc) is 2.88. The summed E-state index contributed by atoms with van der Waals surface area (Å²) in [6.45, 7) is 16.9. The molecule has 2 aliphatic heterocycles. The zero-order chi connectivity index (χ0) is 12.8. The van der Waals surface area contributed by atoms with Gasteiger partial charge in [0.2, 0.25) is 0 Å². The molecule has 18 heavy (non-hydrogen) atoms. The van der Waals surface area contributed by atoms with Crippen LogP contribution in [0.5, 0.6) is 0 Å². The van der Waals surface area contributed by atoms with Gasteiger partial charge >= 0.3 is 0 Å². The molecular weight excluding hydrogens is 224 g/mol. The predicted octanol–water partition coefficient (Wildman–Crippen LogP) is 0.308. The van der Waals surface area contributed by atoms with Crippen molar-refractivity contribution in [1.82, 2.24) is 20.0 Å². The Hall–Kier alpha value is -0.160. The quantitative estimate of drug-likeness (QED) is 0.736. The van der Waals surface area contributed by atoms with Crippen LogP contribution in [0.3, 0.4) is 0 Å². The van der Waals surface area contributed by atoms with Crippen LogP contribution in [0.2, 0.25) is 0 Å². The lowest BCUT2D eigenvalue weighted by atomic mass is 10.2. The minimum absolute atomic E-state index is 0.808. The number of rotatable bonds is 6. The van der Waals surface area contributed by atoms with Crippen molar-refractivity contribution in [3.05, 3.63) is 0 Å². The molecule has 0 aromatic heterocycles. The lowest BCUT2D eigenvalue weighted by Crippen LogP contribution is -2.46. The fraction of sp³-hybridized carbons (Fsp3) is 1.00. The van der Waals surface area contributed by atoms with Crippen LogP contribution in [0.15, 0.2) is 0 Å². The van der Waals surface area contributed by atoms with Crippen LogP contribution in [0.25, 0.3) is 0 Å². The second kappa shape index (κ2) is 7.43. The molecule has 0 saturated carbocycles. The van der Waals surface area contributed by atoms with E-state index < -0.39 is 0 Å². The van der Waals surface area contributed by atoms with Gasteiger partial charge < -0.3 is 10.2 Å². The van der Waals surface area contributed by atoms with E-state index in [4.69, 9.17) is 0 Å². The summed E-state index contributed by atoms with van der Waals surface area (Å²) < 4.78 is 0. The second-order valence-electron chi connectivity index (χ2n) is 5.56. The minimum atomic E-state index is 0.808. The fourth-order valence-electron chi connectivity index (χ4n) is 3.27. The van der Waals surface area contributed by atoms with Crippen LogP contribution in [0, 0.1) is 0 Å². The number of hydrogen-bond donors (Lipinski definition) is 1. The Bertz CT molecular complexity index is 224. The van der Waals surface area contributed by atoms with E-state index in [1.54, 1.807) is 0 Å². The summed E-state index contributed by atoms with van der Waals surface area (Å²) in [5.74, 6) is 0. The molecule has 2 heterocycles. The van der Waals surface area contributed by atoms with E-state index >= 15 is 0 Å². The lowest BCUT2D eigenvalue weighted by Gasteiger charge is -2.29. The number of nitrogens with one attached hydrogen (secondary N) is 1. The first-order valence-electron chi connectivity index (χ1n) is 7.73. The van der Waals surface area contributed by atoms with Crippen LogP contribution in [-0.2, 0) is 0 Å². The number of piperazine rings is 1. The van der Waals surface area contributed by atoms with Crippen LogP contribution in [-0.4, -0.2) is 86.2 Å². The van der Waals surface area contributed by atoms with Crippen LogP contribution in [0.4, 0.5) is 0 Å². The molecule has 106 valence electrons. The topological polar surface area (TPSA) is 21.8 Å². The van der Waals surface area contributed by atoms with Crippen molar-refractivity contribution in [3.63, 3.8) is 0 Å². The molecule has 2 fully saturated rings. The van der Waals surface area contributed by atoms with Crippen molar-refractivity contribution in [2.75, 3.05) is 65.4 Å². The van der Waals surface area contributed by atoms with Gasteiger partial charge in [-0.3, -0.25) is 9.80 Å². The lowest BCUT2D eigenvalue weighted by molar-refractivity contribution is 0.185. The van der Waals surface area contributed by atoms with Gasteiger partial charge in [-0.05, 0) is 26.1 Å². The molecule has 4 nitrogen and oxygen atoms in total. The third-order valence-electron chi connectivity index (χ3n) is 4.52. The maximum Gasteiger partial charge on any atom is 0.0235 e. The SMILES string of the molecule is CCN(CC)C1CCN(CCN2CCNCC2)C1. The zero-order valence-electron chi connectivity index (χ0n) is 12.2. The Labute approximate surface area is 112 Å². The van der Waals surface area contributed by atoms with Crippen LogP contribution >= 0.6 is 0 Å². The van der Waals surface area contributed by atoms with E-state index in [1.165, 1.54) is 71.9 Å². The summed E-state index contributed by atoms with van der Waals surface area (Å²) >= 11 is 0. The first kappa shape index (κ1) is 14.3. The number of likely N-dealkylation sites (tertiary alicyclic amines) is 1. The average molecular weight is 254 g/mol. The molecule has 0 spiro atoms. The smallest absolute Gasteiger partial charge is 0.0235 e. The van der Waals surface area contributed by atoms with Crippen molar-refractivity contribution in [2.24, 2.45) is 0 Å². The largest absolute Gasteiger partial charge is 0.314 e. The van der Waals surface area contributed by atoms with Crippen molar-refractivity contribution in [3.8, 4) is 0 Å². The Balaban J connectivity index is 1.65. The summed E-state index contributed by atoms with van der Waals surface area (Å²) in [7, 11) is 0. The maximum absolute atomic E-state index is 3.42. The van der Waals surface area contributed by atoms with E-state index in [1.807, 2.05) is 0 Å². The molecule has 0 aromatic rings. The van der Waals surface area contributed by atoms with E-state index in [0.29, 0.717) is 0 Å². The molecule has 0 amide bonds. The standard InChI is InChI=1S/C14H30N4/c1-3-18(4-2)14-5-8-17(13-14)12-11-16-9-6-15-7-10-16/h14-15H,3-13H2,1-2H3. The van der Waals surface area contributed by atoms with E-state index in [2.05, 4.69) is 33.9 Å². The van der Waals surface area contributed by atoms with Gasteiger partial charge in [-0.2, -0.15) is 0 Å². The van der Waals surface area contributed by atoms with Crippen LogP contribution in [0.1, 0.15) is 20.3 Å². The number of hydrogen-bond acceptors (Lipinski definition) is 4. The third-order valence-corrected chi connectivity index (χ3v) is 4.52. The first-order valence-corrected chi connectivity index (χ1v) is 7.73. The second-order valence-corrected chi connectivity index (χ2v) is 5.56. The van der Waals surface area contributed by atoms with Crippen molar-refractivity contribution in [1.29, 1.82) is 0 Å². The van der Waals surface area contributed by atoms with Gasteiger partial charge in [-0.15, -0.1) is 0 Å². The van der Waals surface area contributed by atoms with Crippen molar-refractivity contribution in [2.45, 2.75) is 26.3 Å². The zero-order valence-corrected chi connectivity index (χ0v) is 12.2. The molecule has 0 radical (unpaired) electrons. The maximum atomic E-state index is 3.42. The third kappa shape index (κ3) is 3.92. The van der Waals surface area contributed by atoms with Gasteiger partial charge in [0.25, 0.3) is 0 Å². The summed E-state index contributed by atoms with van der Waals surface area (Å²) in [6, 6.07) is 0.808. The summed E-state index contributed by atoms with van der Waals surface area (Å²) in [5.41, 5.74) is 0. The van der Waals surface area contributed by atoms with Gasteiger partial charge in [-0.25, -0.2) is 0 Å². The normalized spacial score (nSPS) is 27.2. The van der Waals surface area contributed by atoms with Gasteiger partial charge in [0.05, 0.1) is 0 Å².